The highest BCUT2D eigenvalue weighted by molar-refractivity contribution is 6.30. The van der Waals surface area contributed by atoms with E-state index in [9.17, 15) is 4.79 Å². The minimum absolute atomic E-state index is 0.0324. The smallest absolute Gasteiger partial charge is 0.220 e. The maximum atomic E-state index is 12.0. The summed E-state index contributed by atoms with van der Waals surface area (Å²) < 4.78 is 5.86. The van der Waals surface area contributed by atoms with Crippen LogP contribution >= 0.6 is 11.6 Å². The Morgan fingerprint density at radius 1 is 1.32 bits per heavy atom. The average molecular weight is 325 g/mol. The lowest BCUT2D eigenvalue weighted by atomic mass is 9.90. The van der Waals surface area contributed by atoms with E-state index in [4.69, 9.17) is 16.3 Å². The third-order valence-corrected chi connectivity index (χ3v) is 3.94. The van der Waals surface area contributed by atoms with Crippen LogP contribution in [-0.4, -0.2) is 23.0 Å². The first kappa shape index (κ1) is 17.1. The average Bonchev–Trinajstić information content (AvgIpc) is 2.41. The van der Waals surface area contributed by atoms with E-state index >= 15 is 0 Å². The zero-order valence-corrected chi connectivity index (χ0v) is 14.3. The van der Waals surface area contributed by atoms with Crippen LogP contribution in [0.5, 0.6) is 5.88 Å². The molecule has 0 aromatic carbocycles. The van der Waals surface area contributed by atoms with E-state index in [0.717, 1.165) is 25.7 Å². The van der Waals surface area contributed by atoms with Crippen molar-refractivity contribution in [3.8, 4) is 5.88 Å². The molecule has 0 radical (unpaired) electrons. The zero-order chi connectivity index (χ0) is 16.2. The van der Waals surface area contributed by atoms with Crippen LogP contribution in [0.4, 0.5) is 0 Å². The molecule has 4 nitrogen and oxygen atoms in total. The van der Waals surface area contributed by atoms with E-state index in [1.165, 1.54) is 0 Å². The van der Waals surface area contributed by atoms with E-state index < -0.39 is 0 Å². The first-order valence-electron chi connectivity index (χ1n) is 7.89. The maximum Gasteiger partial charge on any atom is 0.220 e. The molecule has 1 fully saturated rings. The predicted octanol–water partition coefficient (Wildman–Crippen LogP) is 3.98. The van der Waals surface area contributed by atoms with E-state index in [1.807, 2.05) is 0 Å². The number of aromatic nitrogens is 1. The van der Waals surface area contributed by atoms with Crippen LogP contribution < -0.4 is 10.1 Å². The van der Waals surface area contributed by atoms with Crippen LogP contribution in [0.15, 0.2) is 18.3 Å². The van der Waals surface area contributed by atoms with E-state index in [-0.39, 0.29) is 23.5 Å². The second-order valence-corrected chi connectivity index (χ2v) is 7.65. The number of carbonyl (C=O) groups excluding carboxylic acids is 1. The van der Waals surface area contributed by atoms with Crippen LogP contribution in [0.25, 0.3) is 0 Å². The number of halogens is 1. The molecule has 0 unspecified atom stereocenters. The molecule has 5 heteroatoms. The number of hydrogen-bond donors (Lipinski definition) is 1. The van der Waals surface area contributed by atoms with Gasteiger partial charge in [-0.05, 0) is 37.2 Å². The Labute approximate surface area is 137 Å². The van der Waals surface area contributed by atoms with Gasteiger partial charge in [-0.15, -0.1) is 0 Å². The minimum Gasteiger partial charge on any atom is -0.474 e. The number of carbonyl (C=O) groups is 1. The van der Waals surface area contributed by atoms with Crippen molar-refractivity contribution in [2.24, 2.45) is 5.41 Å². The summed E-state index contributed by atoms with van der Waals surface area (Å²) in [7, 11) is 0. The van der Waals surface area contributed by atoms with Crippen LogP contribution in [-0.2, 0) is 4.79 Å². The molecule has 122 valence electrons. The van der Waals surface area contributed by atoms with Crippen LogP contribution in [0.3, 0.4) is 0 Å². The fourth-order valence-electron chi connectivity index (χ4n) is 2.69. The summed E-state index contributed by atoms with van der Waals surface area (Å²) in [6.45, 7) is 6.24. The topological polar surface area (TPSA) is 51.2 Å². The Bertz CT molecular complexity index is 488. The molecule has 1 saturated carbocycles. The number of ether oxygens (including phenoxy) is 1. The van der Waals surface area contributed by atoms with Gasteiger partial charge in [-0.1, -0.05) is 32.4 Å². The Morgan fingerprint density at radius 2 is 2.00 bits per heavy atom. The standard InChI is InChI=1S/C17H25ClN2O2/c1-17(2,3)10-15(21)20-13-5-7-14(8-6-13)22-16-9-4-12(18)11-19-16/h4,9,11,13-14H,5-8,10H2,1-3H3,(H,20,21). The SMILES string of the molecule is CC(C)(C)CC(=O)NC1CCC(Oc2ccc(Cl)cn2)CC1. The summed E-state index contributed by atoms with van der Waals surface area (Å²) in [6, 6.07) is 3.84. The summed E-state index contributed by atoms with van der Waals surface area (Å²) >= 11 is 5.81. The highest BCUT2D eigenvalue weighted by atomic mass is 35.5. The number of rotatable bonds is 4. The fraction of sp³-hybridized carbons (Fsp3) is 0.647. The van der Waals surface area contributed by atoms with Gasteiger partial charge >= 0.3 is 0 Å². The Hall–Kier alpha value is -1.29. The third-order valence-electron chi connectivity index (χ3n) is 3.72. The van der Waals surface area contributed by atoms with Crippen LogP contribution in [0.1, 0.15) is 52.9 Å². The van der Waals surface area contributed by atoms with Crippen molar-refractivity contribution in [3.05, 3.63) is 23.4 Å². The first-order valence-corrected chi connectivity index (χ1v) is 8.27. The number of nitrogens with zero attached hydrogens (tertiary/aromatic N) is 1. The molecule has 0 aliphatic heterocycles. The first-order chi connectivity index (χ1) is 10.3. The molecule has 0 atom stereocenters. The summed E-state index contributed by atoms with van der Waals surface area (Å²) in [6.07, 6.45) is 6.11. The zero-order valence-electron chi connectivity index (χ0n) is 13.6. The van der Waals surface area contributed by atoms with Crippen molar-refractivity contribution in [3.63, 3.8) is 0 Å². The lowest BCUT2D eigenvalue weighted by Crippen LogP contribution is -2.40. The van der Waals surface area contributed by atoms with Gasteiger partial charge in [0.25, 0.3) is 0 Å². The number of hydrogen-bond acceptors (Lipinski definition) is 3. The van der Waals surface area contributed by atoms with Gasteiger partial charge in [0.05, 0.1) is 5.02 Å². The molecular formula is C17H25ClN2O2. The maximum absolute atomic E-state index is 12.0. The third kappa shape index (κ3) is 5.84. The van der Waals surface area contributed by atoms with Crippen molar-refractivity contribution in [1.82, 2.24) is 10.3 Å². The molecule has 1 aliphatic carbocycles. The molecule has 0 spiro atoms. The van der Waals surface area contributed by atoms with E-state index in [2.05, 4.69) is 31.1 Å². The summed E-state index contributed by atoms with van der Waals surface area (Å²) in [5.41, 5.74) is 0.0324. The Kier molecular flexibility index (Phi) is 5.68. The molecule has 0 bridgehead atoms. The molecule has 1 aliphatic rings. The lowest BCUT2D eigenvalue weighted by molar-refractivity contribution is -0.123. The Balaban J connectivity index is 1.73. The quantitative estimate of drug-likeness (QED) is 0.911. The summed E-state index contributed by atoms with van der Waals surface area (Å²) in [4.78, 5) is 16.1. The van der Waals surface area contributed by atoms with Gasteiger partial charge in [-0.3, -0.25) is 4.79 Å². The molecular weight excluding hydrogens is 300 g/mol. The molecule has 22 heavy (non-hydrogen) atoms. The number of nitrogens with one attached hydrogen (secondary N) is 1. The number of amides is 1. The second kappa shape index (κ2) is 7.32. The molecule has 1 aromatic heterocycles. The van der Waals surface area contributed by atoms with Gasteiger partial charge < -0.3 is 10.1 Å². The van der Waals surface area contributed by atoms with Gasteiger partial charge in [0.15, 0.2) is 0 Å². The number of pyridine rings is 1. The molecule has 1 amide bonds. The second-order valence-electron chi connectivity index (χ2n) is 7.21. The van der Waals surface area contributed by atoms with Crippen molar-refractivity contribution >= 4 is 17.5 Å². The fourth-order valence-corrected chi connectivity index (χ4v) is 2.80. The van der Waals surface area contributed by atoms with Gasteiger partial charge in [0, 0.05) is 24.7 Å². The van der Waals surface area contributed by atoms with E-state index in [1.54, 1.807) is 18.3 Å². The molecule has 1 aromatic rings. The largest absolute Gasteiger partial charge is 0.474 e. The van der Waals surface area contributed by atoms with Gasteiger partial charge in [0.2, 0.25) is 11.8 Å². The monoisotopic (exact) mass is 324 g/mol. The van der Waals surface area contributed by atoms with Crippen molar-refractivity contribution in [1.29, 1.82) is 0 Å². The molecule has 1 N–H and O–H groups in total. The van der Waals surface area contributed by atoms with E-state index in [0.29, 0.717) is 17.3 Å². The molecule has 2 rings (SSSR count). The van der Waals surface area contributed by atoms with Crippen LogP contribution in [0, 0.1) is 5.41 Å². The normalized spacial score (nSPS) is 22.2. The van der Waals surface area contributed by atoms with Crippen molar-refractivity contribution in [2.45, 2.75) is 65.0 Å². The molecule has 1 heterocycles. The Morgan fingerprint density at radius 3 is 2.55 bits per heavy atom. The predicted molar refractivity (Wildman–Crippen MR) is 88.1 cm³/mol. The summed E-state index contributed by atoms with van der Waals surface area (Å²) in [5, 5.41) is 3.75. The van der Waals surface area contributed by atoms with Crippen LogP contribution in [0.2, 0.25) is 5.02 Å². The molecule has 0 saturated heterocycles. The van der Waals surface area contributed by atoms with Gasteiger partial charge in [-0.2, -0.15) is 0 Å². The van der Waals surface area contributed by atoms with Crippen molar-refractivity contribution in [2.75, 3.05) is 0 Å². The minimum atomic E-state index is 0.0324. The highest BCUT2D eigenvalue weighted by Gasteiger charge is 2.25. The summed E-state index contributed by atoms with van der Waals surface area (Å²) in [5.74, 6) is 0.765. The van der Waals surface area contributed by atoms with Crippen molar-refractivity contribution < 1.29 is 9.53 Å². The van der Waals surface area contributed by atoms with Gasteiger partial charge in [0.1, 0.15) is 6.10 Å². The van der Waals surface area contributed by atoms with Gasteiger partial charge in [-0.25, -0.2) is 4.98 Å². The lowest BCUT2D eigenvalue weighted by Gasteiger charge is -2.30. The highest BCUT2D eigenvalue weighted by Crippen LogP contribution is 2.24.